The van der Waals surface area contributed by atoms with Gasteiger partial charge in [-0.25, -0.2) is 4.39 Å². The second kappa shape index (κ2) is 8.10. The molecule has 0 spiro atoms. The summed E-state index contributed by atoms with van der Waals surface area (Å²) in [4.78, 5) is 25.1. The Balaban J connectivity index is 0.00000242. The summed E-state index contributed by atoms with van der Waals surface area (Å²) in [6.45, 7) is 0.940. The molecule has 1 unspecified atom stereocenters. The summed E-state index contributed by atoms with van der Waals surface area (Å²) in [6.07, 6.45) is 2.45. The minimum atomic E-state index is -0.593. The zero-order valence-corrected chi connectivity index (χ0v) is 13.5. The Labute approximate surface area is 135 Å². The Hall–Kier alpha value is -1.66. The first-order valence-electron chi connectivity index (χ1n) is 7.02. The predicted octanol–water partition coefficient (Wildman–Crippen LogP) is 2.03. The highest BCUT2D eigenvalue weighted by atomic mass is 35.5. The normalized spacial score (nSPS) is 16.8. The smallest absolute Gasteiger partial charge is 0.256 e. The number of rotatable bonds is 4. The SMILES string of the molecule is CN(C)C(=O)c1cc(NC(=O)CC2CCCN2)ccc1F.Cl. The Morgan fingerprint density at radius 3 is 2.73 bits per heavy atom. The van der Waals surface area contributed by atoms with Crippen LogP contribution in [0.4, 0.5) is 10.1 Å². The van der Waals surface area contributed by atoms with Gasteiger partial charge in [0.2, 0.25) is 5.91 Å². The van der Waals surface area contributed by atoms with Gasteiger partial charge in [0.15, 0.2) is 0 Å². The maximum Gasteiger partial charge on any atom is 0.256 e. The summed E-state index contributed by atoms with van der Waals surface area (Å²) in [5.41, 5.74) is 0.390. The van der Waals surface area contributed by atoms with Crippen LogP contribution in [-0.2, 0) is 4.79 Å². The van der Waals surface area contributed by atoms with Crippen LogP contribution >= 0.6 is 12.4 Å². The maximum atomic E-state index is 13.7. The molecule has 5 nitrogen and oxygen atoms in total. The fourth-order valence-corrected chi connectivity index (χ4v) is 2.37. The summed E-state index contributed by atoms with van der Waals surface area (Å²) in [5, 5.41) is 5.96. The van der Waals surface area contributed by atoms with Gasteiger partial charge in [0.25, 0.3) is 5.91 Å². The summed E-state index contributed by atoms with van der Waals surface area (Å²) in [6, 6.07) is 4.23. The minimum Gasteiger partial charge on any atom is -0.345 e. The molecule has 0 saturated carbocycles. The monoisotopic (exact) mass is 329 g/mol. The molecule has 1 aliphatic heterocycles. The van der Waals surface area contributed by atoms with Crippen molar-refractivity contribution in [2.24, 2.45) is 0 Å². The molecule has 0 bridgehead atoms. The van der Waals surface area contributed by atoms with E-state index in [1.807, 2.05) is 0 Å². The molecule has 22 heavy (non-hydrogen) atoms. The van der Waals surface area contributed by atoms with Gasteiger partial charge >= 0.3 is 0 Å². The Kier molecular flexibility index (Phi) is 6.77. The Morgan fingerprint density at radius 1 is 1.41 bits per heavy atom. The number of hydrogen-bond acceptors (Lipinski definition) is 3. The molecule has 0 aliphatic carbocycles. The zero-order valence-electron chi connectivity index (χ0n) is 12.7. The standard InChI is InChI=1S/C15H20FN3O2.ClH/c1-19(2)15(21)12-8-11(5-6-13(12)16)18-14(20)9-10-4-3-7-17-10;/h5-6,8,10,17H,3-4,7,9H2,1-2H3,(H,18,20);1H. The van der Waals surface area contributed by atoms with E-state index in [-0.39, 0.29) is 29.9 Å². The van der Waals surface area contributed by atoms with E-state index < -0.39 is 11.7 Å². The quantitative estimate of drug-likeness (QED) is 0.888. The fourth-order valence-electron chi connectivity index (χ4n) is 2.37. The van der Waals surface area contributed by atoms with Gasteiger partial charge in [-0.3, -0.25) is 9.59 Å². The van der Waals surface area contributed by atoms with Crippen molar-refractivity contribution in [3.05, 3.63) is 29.6 Å². The summed E-state index contributed by atoms with van der Waals surface area (Å²) >= 11 is 0. The minimum absolute atomic E-state index is 0. The molecule has 1 aromatic rings. The number of halogens is 2. The number of anilines is 1. The second-order valence-electron chi connectivity index (χ2n) is 5.44. The van der Waals surface area contributed by atoms with Crippen LogP contribution in [0.2, 0.25) is 0 Å². The molecule has 1 fully saturated rings. The van der Waals surface area contributed by atoms with E-state index in [0.29, 0.717) is 12.1 Å². The van der Waals surface area contributed by atoms with Crippen LogP contribution in [0.3, 0.4) is 0 Å². The van der Waals surface area contributed by atoms with Gasteiger partial charge in [-0.05, 0) is 37.6 Å². The molecule has 1 saturated heterocycles. The molecule has 1 aromatic carbocycles. The van der Waals surface area contributed by atoms with Gasteiger partial charge in [0.05, 0.1) is 5.56 Å². The molecule has 0 radical (unpaired) electrons. The molecule has 7 heteroatoms. The first-order chi connectivity index (χ1) is 9.97. The highest BCUT2D eigenvalue weighted by molar-refractivity contribution is 5.97. The molecule has 2 rings (SSSR count). The average Bonchev–Trinajstić information content (AvgIpc) is 2.92. The van der Waals surface area contributed by atoms with E-state index in [4.69, 9.17) is 0 Å². The van der Waals surface area contributed by atoms with Gasteiger partial charge in [-0.15, -0.1) is 12.4 Å². The lowest BCUT2D eigenvalue weighted by atomic mass is 10.1. The van der Waals surface area contributed by atoms with Crippen molar-refractivity contribution >= 4 is 29.9 Å². The summed E-state index contributed by atoms with van der Waals surface area (Å²) in [5.74, 6) is -1.16. The molecule has 0 aromatic heterocycles. The highest BCUT2D eigenvalue weighted by Gasteiger charge is 2.19. The Morgan fingerprint density at radius 2 is 2.14 bits per heavy atom. The van der Waals surface area contributed by atoms with Crippen LogP contribution < -0.4 is 10.6 Å². The number of carbonyl (C=O) groups is 2. The van der Waals surface area contributed by atoms with Gasteiger partial charge in [0.1, 0.15) is 5.82 Å². The second-order valence-corrected chi connectivity index (χ2v) is 5.44. The topological polar surface area (TPSA) is 61.4 Å². The van der Waals surface area contributed by atoms with Crippen molar-refractivity contribution in [1.29, 1.82) is 0 Å². The number of hydrogen-bond donors (Lipinski definition) is 2. The van der Waals surface area contributed by atoms with Crippen LogP contribution in [0.5, 0.6) is 0 Å². The molecule has 1 atom stereocenters. The number of nitrogens with zero attached hydrogens (tertiary/aromatic N) is 1. The van der Waals surface area contributed by atoms with Crippen molar-refractivity contribution in [2.45, 2.75) is 25.3 Å². The number of carbonyl (C=O) groups excluding carboxylic acids is 2. The van der Waals surface area contributed by atoms with Gasteiger partial charge in [0, 0.05) is 32.2 Å². The summed E-state index contributed by atoms with van der Waals surface area (Å²) in [7, 11) is 3.11. The first-order valence-corrected chi connectivity index (χ1v) is 7.02. The largest absolute Gasteiger partial charge is 0.345 e. The third-order valence-corrected chi connectivity index (χ3v) is 3.48. The van der Waals surface area contributed by atoms with E-state index in [9.17, 15) is 14.0 Å². The lowest BCUT2D eigenvalue weighted by molar-refractivity contribution is -0.116. The molecular formula is C15H21ClFN3O2. The van der Waals surface area contributed by atoms with E-state index in [1.165, 1.54) is 23.1 Å². The van der Waals surface area contributed by atoms with Crippen molar-refractivity contribution in [1.82, 2.24) is 10.2 Å². The number of nitrogens with one attached hydrogen (secondary N) is 2. The molecule has 2 amide bonds. The van der Waals surface area contributed by atoms with Crippen LogP contribution in [0.1, 0.15) is 29.6 Å². The van der Waals surface area contributed by atoms with Crippen molar-refractivity contribution in [3.8, 4) is 0 Å². The van der Waals surface area contributed by atoms with Crippen LogP contribution in [0.15, 0.2) is 18.2 Å². The van der Waals surface area contributed by atoms with Gasteiger partial charge < -0.3 is 15.5 Å². The van der Waals surface area contributed by atoms with E-state index >= 15 is 0 Å². The van der Waals surface area contributed by atoms with Crippen molar-refractivity contribution < 1.29 is 14.0 Å². The van der Waals surface area contributed by atoms with Crippen molar-refractivity contribution in [3.63, 3.8) is 0 Å². The van der Waals surface area contributed by atoms with Gasteiger partial charge in [-0.2, -0.15) is 0 Å². The van der Waals surface area contributed by atoms with E-state index in [2.05, 4.69) is 10.6 Å². The zero-order chi connectivity index (χ0) is 15.4. The van der Waals surface area contributed by atoms with Crippen LogP contribution in [0.25, 0.3) is 0 Å². The lowest BCUT2D eigenvalue weighted by Crippen LogP contribution is -2.27. The summed E-state index contributed by atoms with van der Waals surface area (Å²) < 4.78 is 13.7. The van der Waals surface area contributed by atoms with Crippen LogP contribution in [0, 0.1) is 5.82 Å². The third-order valence-electron chi connectivity index (χ3n) is 3.48. The third kappa shape index (κ3) is 4.68. The Bertz CT molecular complexity index is 546. The molecule has 2 N–H and O–H groups in total. The van der Waals surface area contributed by atoms with E-state index in [0.717, 1.165) is 19.4 Å². The van der Waals surface area contributed by atoms with Crippen molar-refractivity contribution in [2.75, 3.05) is 26.0 Å². The highest BCUT2D eigenvalue weighted by Crippen LogP contribution is 2.17. The number of benzene rings is 1. The van der Waals surface area contributed by atoms with Gasteiger partial charge in [-0.1, -0.05) is 0 Å². The van der Waals surface area contributed by atoms with Crippen LogP contribution in [-0.4, -0.2) is 43.4 Å². The first kappa shape index (κ1) is 18.4. The molecule has 1 aliphatic rings. The maximum absolute atomic E-state index is 13.7. The van der Waals surface area contributed by atoms with E-state index in [1.54, 1.807) is 14.1 Å². The average molecular weight is 330 g/mol. The molecule has 122 valence electrons. The fraction of sp³-hybridized carbons (Fsp3) is 0.467. The number of amides is 2. The lowest BCUT2D eigenvalue weighted by Gasteiger charge is -2.13. The molecule has 1 heterocycles. The molecular weight excluding hydrogens is 309 g/mol. The predicted molar refractivity (Wildman–Crippen MR) is 85.9 cm³/mol.